The van der Waals surface area contributed by atoms with E-state index in [0.717, 1.165) is 61.8 Å². The minimum absolute atomic E-state index is 0.0658. The van der Waals surface area contributed by atoms with Crippen LogP contribution in [-0.2, 0) is 13.0 Å². The number of nitrogens with one attached hydrogen (secondary N) is 2. The molecule has 138 valence electrons. The molecule has 26 heavy (non-hydrogen) atoms. The van der Waals surface area contributed by atoms with Gasteiger partial charge in [-0.15, -0.1) is 11.3 Å². The van der Waals surface area contributed by atoms with Crippen LogP contribution in [0.1, 0.15) is 33.0 Å². The molecule has 0 spiro atoms. The van der Waals surface area contributed by atoms with E-state index >= 15 is 0 Å². The van der Waals surface area contributed by atoms with Gasteiger partial charge in [-0.1, -0.05) is 0 Å². The summed E-state index contributed by atoms with van der Waals surface area (Å²) < 4.78 is 0. The number of fused-ring (bicyclic) bond motifs is 1. The van der Waals surface area contributed by atoms with Crippen LogP contribution < -0.4 is 15.5 Å². The molecule has 2 aliphatic heterocycles. The summed E-state index contributed by atoms with van der Waals surface area (Å²) in [5.74, 6) is 1.13. The fourth-order valence-corrected chi connectivity index (χ4v) is 4.70. The Morgan fingerprint density at radius 2 is 2.27 bits per heavy atom. The van der Waals surface area contributed by atoms with Gasteiger partial charge in [0.2, 0.25) is 0 Å². The van der Waals surface area contributed by atoms with Gasteiger partial charge in [-0.25, -0.2) is 4.98 Å². The molecule has 2 aromatic rings. The molecule has 2 aromatic heterocycles. The van der Waals surface area contributed by atoms with Crippen LogP contribution in [0.3, 0.4) is 0 Å². The Kier molecular flexibility index (Phi) is 5.19. The van der Waals surface area contributed by atoms with Gasteiger partial charge < -0.3 is 20.6 Å². The highest BCUT2D eigenvalue weighted by atomic mass is 32.1. The molecule has 6 nitrogen and oxygen atoms in total. The van der Waals surface area contributed by atoms with Crippen LogP contribution in [0.15, 0.2) is 24.4 Å². The van der Waals surface area contributed by atoms with E-state index < -0.39 is 0 Å². The number of aromatic nitrogens is 1. The largest absolute Gasteiger partial charge is 0.396 e. The van der Waals surface area contributed by atoms with Crippen molar-refractivity contribution in [3.63, 3.8) is 0 Å². The number of hydrogen-bond donors (Lipinski definition) is 3. The zero-order chi connectivity index (χ0) is 17.9. The number of rotatable bonds is 4. The third kappa shape index (κ3) is 3.60. The van der Waals surface area contributed by atoms with Gasteiger partial charge in [0.05, 0.1) is 10.6 Å². The first-order chi connectivity index (χ1) is 12.7. The molecule has 1 amide bonds. The van der Waals surface area contributed by atoms with Crippen molar-refractivity contribution in [1.29, 1.82) is 0 Å². The van der Waals surface area contributed by atoms with E-state index in [-0.39, 0.29) is 12.5 Å². The second-order valence-electron chi connectivity index (χ2n) is 6.93. The maximum atomic E-state index is 12.8. The van der Waals surface area contributed by atoms with Gasteiger partial charge in [-0.05, 0) is 48.9 Å². The number of amides is 1. The lowest BCUT2D eigenvalue weighted by Crippen LogP contribution is -2.35. The third-order valence-electron chi connectivity index (χ3n) is 5.17. The molecule has 0 saturated carbocycles. The molecular weight excluding hydrogens is 348 g/mol. The summed E-state index contributed by atoms with van der Waals surface area (Å²) in [5, 5.41) is 15.7. The predicted molar refractivity (Wildman–Crippen MR) is 104 cm³/mol. The molecule has 0 radical (unpaired) electrons. The topological polar surface area (TPSA) is 77.5 Å². The van der Waals surface area contributed by atoms with E-state index in [1.54, 1.807) is 17.5 Å². The molecule has 2 aliphatic rings. The summed E-state index contributed by atoms with van der Waals surface area (Å²) in [6.45, 7) is 3.77. The van der Waals surface area contributed by atoms with E-state index in [0.29, 0.717) is 5.92 Å². The summed E-state index contributed by atoms with van der Waals surface area (Å²) in [5.41, 5.74) is 1.99. The lowest BCUT2D eigenvalue weighted by molar-refractivity contribution is 0.103. The van der Waals surface area contributed by atoms with Gasteiger partial charge in [-0.3, -0.25) is 4.79 Å². The molecular formula is C19H24N4O2S. The SMILES string of the molecule is O=C(Nc1cccnc1N1CCC(CO)CC1)c1cc2c(s1)CCNC2. The number of aliphatic hydroxyl groups excluding tert-OH is 1. The Bertz CT molecular complexity index is 760. The van der Waals surface area contributed by atoms with Gasteiger partial charge in [0.25, 0.3) is 5.91 Å². The van der Waals surface area contributed by atoms with Crippen LogP contribution >= 0.6 is 11.3 Å². The normalized spacial score (nSPS) is 17.8. The number of pyridine rings is 1. The van der Waals surface area contributed by atoms with Crippen LogP contribution in [0.25, 0.3) is 0 Å². The van der Waals surface area contributed by atoms with E-state index in [1.807, 2.05) is 18.2 Å². The van der Waals surface area contributed by atoms with E-state index in [4.69, 9.17) is 0 Å². The van der Waals surface area contributed by atoms with Crippen LogP contribution in [0.4, 0.5) is 11.5 Å². The number of thiophene rings is 1. The van der Waals surface area contributed by atoms with Crippen molar-refractivity contribution in [2.45, 2.75) is 25.8 Å². The summed E-state index contributed by atoms with van der Waals surface area (Å²) in [6.07, 6.45) is 4.65. The molecule has 0 atom stereocenters. The average molecular weight is 372 g/mol. The van der Waals surface area contributed by atoms with Crippen molar-refractivity contribution < 1.29 is 9.90 Å². The lowest BCUT2D eigenvalue weighted by atomic mass is 9.98. The fourth-order valence-electron chi connectivity index (χ4n) is 3.62. The Morgan fingerprint density at radius 3 is 3.04 bits per heavy atom. The van der Waals surface area contributed by atoms with Gasteiger partial charge in [-0.2, -0.15) is 0 Å². The number of hydrogen-bond acceptors (Lipinski definition) is 6. The molecule has 7 heteroatoms. The Hall–Kier alpha value is -1.96. The first kappa shape index (κ1) is 17.5. The van der Waals surface area contributed by atoms with E-state index in [9.17, 15) is 9.90 Å². The Labute approximate surface area is 157 Å². The number of carbonyl (C=O) groups is 1. The molecule has 3 N–H and O–H groups in total. The zero-order valence-corrected chi connectivity index (χ0v) is 15.5. The summed E-state index contributed by atoms with van der Waals surface area (Å²) >= 11 is 1.59. The smallest absolute Gasteiger partial charge is 0.265 e. The van der Waals surface area contributed by atoms with E-state index in [2.05, 4.69) is 20.5 Å². The quantitative estimate of drug-likeness (QED) is 0.767. The highest BCUT2D eigenvalue weighted by Gasteiger charge is 2.23. The molecule has 4 heterocycles. The van der Waals surface area contributed by atoms with Crippen LogP contribution in [0.2, 0.25) is 0 Å². The van der Waals surface area contributed by atoms with Crippen molar-refractivity contribution in [3.05, 3.63) is 39.7 Å². The third-order valence-corrected chi connectivity index (χ3v) is 6.41. The summed E-state index contributed by atoms with van der Waals surface area (Å²) in [4.78, 5) is 21.5. The molecule has 0 aromatic carbocycles. The van der Waals surface area contributed by atoms with E-state index in [1.165, 1.54) is 10.4 Å². The first-order valence-electron chi connectivity index (χ1n) is 9.19. The fraction of sp³-hybridized carbons (Fsp3) is 0.474. The van der Waals surface area contributed by atoms with Crippen LogP contribution in [0, 0.1) is 5.92 Å². The van der Waals surface area contributed by atoms with Crippen molar-refractivity contribution in [3.8, 4) is 0 Å². The van der Waals surface area contributed by atoms with Crippen molar-refractivity contribution in [2.75, 3.05) is 36.5 Å². The number of aliphatic hydroxyl groups is 1. The molecule has 0 bridgehead atoms. The maximum Gasteiger partial charge on any atom is 0.265 e. The second kappa shape index (κ2) is 7.73. The maximum absolute atomic E-state index is 12.8. The van der Waals surface area contributed by atoms with Crippen molar-refractivity contribution >= 4 is 28.7 Å². The minimum Gasteiger partial charge on any atom is -0.396 e. The molecule has 4 rings (SSSR count). The standard InChI is InChI=1S/C19H24N4O2S/c24-12-13-4-8-23(9-5-13)18-15(2-1-6-21-18)22-19(25)17-10-14-11-20-7-3-16(14)26-17/h1-2,6,10,13,20,24H,3-5,7-9,11-12H2,(H,22,25). The first-order valence-corrected chi connectivity index (χ1v) is 10.0. The van der Waals surface area contributed by atoms with Gasteiger partial charge >= 0.3 is 0 Å². The predicted octanol–water partition coefficient (Wildman–Crippen LogP) is 2.25. The second-order valence-corrected chi connectivity index (χ2v) is 8.06. The Balaban J connectivity index is 1.50. The average Bonchev–Trinajstić information content (AvgIpc) is 3.13. The van der Waals surface area contributed by atoms with Crippen molar-refractivity contribution in [1.82, 2.24) is 10.3 Å². The van der Waals surface area contributed by atoms with Gasteiger partial charge in [0.1, 0.15) is 0 Å². The van der Waals surface area contributed by atoms with Crippen LogP contribution in [-0.4, -0.2) is 42.2 Å². The van der Waals surface area contributed by atoms with Gasteiger partial charge in [0, 0.05) is 43.9 Å². The summed E-state index contributed by atoms with van der Waals surface area (Å²) in [6, 6.07) is 5.76. The lowest BCUT2D eigenvalue weighted by Gasteiger charge is -2.33. The Morgan fingerprint density at radius 1 is 1.42 bits per heavy atom. The summed E-state index contributed by atoms with van der Waals surface area (Å²) in [7, 11) is 0. The molecule has 0 unspecified atom stereocenters. The van der Waals surface area contributed by atoms with Gasteiger partial charge in [0.15, 0.2) is 5.82 Å². The molecule has 1 fully saturated rings. The zero-order valence-electron chi connectivity index (χ0n) is 14.7. The highest BCUT2D eigenvalue weighted by Crippen LogP contribution is 2.30. The highest BCUT2D eigenvalue weighted by molar-refractivity contribution is 7.14. The number of anilines is 2. The molecule has 0 aliphatic carbocycles. The number of nitrogens with zero attached hydrogens (tertiary/aromatic N) is 2. The monoisotopic (exact) mass is 372 g/mol. The minimum atomic E-state index is -0.0658. The molecule has 1 saturated heterocycles. The number of carbonyl (C=O) groups excluding carboxylic acids is 1. The van der Waals surface area contributed by atoms with Crippen LogP contribution in [0.5, 0.6) is 0 Å². The van der Waals surface area contributed by atoms with Crippen molar-refractivity contribution in [2.24, 2.45) is 5.92 Å². The number of piperidine rings is 1.